The SMILES string of the molecule is O=c1sc2cc(S(=O)(=O)Nc3ccccc3Br)ccc2n1Cc1ccc(Cl)cc1. The molecule has 4 rings (SSSR count). The van der Waals surface area contributed by atoms with Crippen LogP contribution in [0, 0.1) is 0 Å². The Labute approximate surface area is 184 Å². The summed E-state index contributed by atoms with van der Waals surface area (Å²) in [6.07, 6.45) is 0. The smallest absolute Gasteiger partial charge is 0.294 e. The average molecular weight is 510 g/mol. The molecule has 0 saturated carbocycles. The number of aromatic nitrogens is 1. The number of hydrogen-bond donors (Lipinski definition) is 1. The van der Waals surface area contributed by atoms with Crippen LogP contribution in [0.2, 0.25) is 5.02 Å². The molecule has 148 valence electrons. The van der Waals surface area contributed by atoms with Crippen LogP contribution >= 0.6 is 38.9 Å². The summed E-state index contributed by atoms with van der Waals surface area (Å²) in [5.74, 6) is 0. The van der Waals surface area contributed by atoms with Crippen molar-refractivity contribution in [2.24, 2.45) is 0 Å². The van der Waals surface area contributed by atoms with Crippen molar-refractivity contribution < 1.29 is 8.42 Å². The lowest BCUT2D eigenvalue weighted by Crippen LogP contribution is -2.14. The van der Waals surface area contributed by atoms with Crippen LogP contribution in [0.4, 0.5) is 5.69 Å². The standard InChI is InChI=1S/C20H14BrClN2O3S2/c21-16-3-1-2-4-17(16)23-29(26,27)15-9-10-18-19(11-15)28-20(25)24(18)12-13-5-7-14(22)8-6-13/h1-11,23H,12H2. The molecule has 29 heavy (non-hydrogen) atoms. The van der Waals surface area contributed by atoms with Gasteiger partial charge in [-0.3, -0.25) is 14.1 Å². The van der Waals surface area contributed by atoms with E-state index in [1.807, 2.05) is 12.1 Å². The molecule has 4 aromatic rings. The fraction of sp³-hybridized carbons (Fsp3) is 0.0500. The number of nitrogens with zero attached hydrogens (tertiary/aromatic N) is 1. The Balaban J connectivity index is 1.69. The molecule has 0 atom stereocenters. The van der Waals surface area contributed by atoms with E-state index in [9.17, 15) is 13.2 Å². The van der Waals surface area contributed by atoms with E-state index >= 15 is 0 Å². The van der Waals surface area contributed by atoms with Crippen LogP contribution in [-0.2, 0) is 16.6 Å². The second kappa shape index (κ2) is 7.95. The minimum absolute atomic E-state index is 0.0978. The van der Waals surface area contributed by atoms with Crippen molar-refractivity contribution in [3.63, 3.8) is 0 Å². The van der Waals surface area contributed by atoms with Crippen LogP contribution in [0.1, 0.15) is 5.56 Å². The number of halogens is 2. The van der Waals surface area contributed by atoms with Crippen LogP contribution in [0.5, 0.6) is 0 Å². The molecule has 0 radical (unpaired) electrons. The van der Waals surface area contributed by atoms with Gasteiger partial charge in [0, 0.05) is 9.50 Å². The van der Waals surface area contributed by atoms with Crippen molar-refractivity contribution in [3.8, 4) is 0 Å². The van der Waals surface area contributed by atoms with Crippen molar-refractivity contribution in [2.45, 2.75) is 11.4 Å². The molecule has 1 heterocycles. The van der Waals surface area contributed by atoms with E-state index < -0.39 is 10.0 Å². The zero-order valence-electron chi connectivity index (χ0n) is 14.8. The number of benzene rings is 3. The maximum atomic E-state index is 12.8. The third-order valence-electron chi connectivity index (χ3n) is 4.32. The highest BCUT2D eigenvalue weighted by Gasteiger charge is 2.18. The zero-order valence-corrected chi connectivity index (χ0v) is 18.8. The van der Waals surface area contributed by atoms with Gasteiger partial charge in [-0.05, 0) is 64.0 Å². The summed E-state index contributed by atoms with van der Waals surface area (Å²) in [7, 11) is -3.79. The number of para-hydroxylation sites is 1. The van der Waals surface area contributed by atoms with Gasteiger partial charge in [0.1, 0.15) is 0 Å². The minimum Gasteiger partial charge on any atom is -0.294 e. The van der Waals surface area contributed by atoms with E-state index in [-0.39, 0.29) is 9.77 Å². The second-order valence-electron chi connectivity index (χ2n) is 6.30. The third-order valence-corrected chi connectivity index (χ3v) is 7.57. The van der Waals surface area contributed by atoms with Gasteiger partial charge in [0.05, 0.1) is 27.3 Å². The van der Waals surface area contributed by atoms with E-state index in [2.05, 4.69) is 20.7 Å². The van der Waals surface area contributed by atoms with Crippen LogP contribution in [0.3, 0.4) is 0 Å². The Morgan fingerprint density at radius 1 is 1.03 bits per heavy atom. The van der Waals surface area contributed by atoms with E-state index in [1.165, 1.54) is 12.1 Å². The number of fused-ring (bicyclic) bond motifs is 1. The van der Waals surface area contributed by atoms with E-state index in [4.69, 9.17) is 11.6 Å². The van der Waals surface area contributed by atoms with Crippen molar-refractivity contribution in [3.05, 3.63) is 91.5 Å². The van der Waals surface area contributed by atoms with Gasteiger partial charge in [-0.25, -0.2) is 8.42 Å². The van der Waals surface area contributed by atoms with E-state index in [0.717, 1.165) is 16.9 Å². The third kappa shape index (κ3) is 4.25. The molecule has 5 nitrogen and oxygen atoms in total. The minimum atomic E-state index is -3.79. The highest BCUT2D eigenvalue weighted by atomic mass is 79.9. The lowest BCUT2D eigenvalue weighted by molar-refractivity contribution is 0.601. The molecule has 0 aliphatic carbocycles. The molecule has 9 heteroatoms. The fourth-order valence-corrected chi connectivity index (χ4v) is 5.63. The number of anilines is 1. The topological polar surface area (TPSA) is 68.2 Å². The maximum absolute atomic E-state index is 12.8. The van der Waals surface area contributed by atoms with Crippen molar-refractivity contribution in [2.75, 3.05) is 4.72 Å². The summed E-state index contributed by atoms with van der Waals surface area (Å²) in [4.78, 5) is 12.4. The van der Waals surface area contributed by atoms with Gasteiger partial charge in [-0.15, -0.1) is 0 Å². The molecule has 0 saturated heterocycles. The van der Waals surface area contributed by atoms with E-state index in [1.54, 1.807) is 47.0 Å². The van der Waals surface area contributed by atoms with Crippen molar-refractivity contribution >= 4 is 64.8 Å². The van der Waals surface area contributed by atoms with Gasteiger partial charge in [0.25, 0.3) is 10.0 Å². The summed E-state index contributed by atoms with van der Waals surface area (Å²) in [6.45, 7) is 0.386. The zero-order chi connectivity index (χ0) is 20.6. The van der Waals surface area contributed by atoms with Crippen LogP contribution < -0.4 is 9.60 Å². The summed E-state index contributed by atoms with van der Waals surface area (Å²) in [5, 5.41) is 0.628. The lowest BCUT2D eigenvalue weighted by Gasteiger charge is -2.10. The van der Waals surface area contributed by atoms with Crippen molar-refractivity contribution in [1.82, 2.24) is 4.57 Å². The summed E-state index contributed by atoms with van der Waals surface area (Å²) in [5.41, 5.74) is 2.07. The molecular formula is C20H14BrClN2O3S2. The van der Waals surface area contributed by atoms with Crippen LogP contribution in [-0.4, -0.2) is 13.0 Å². The lowest BCUT2D eigenvalue weighted by atomic mass is 10.2. The largest absolute Gasteiger partial charge is 0.308 e. The van der Waals surface area contributed by atoms with Gasteiger partial charge < -0.3 is 0 Å². The molecule has 0 unspecified atom stereocenters. The highest BCUT2D eigenvalue weighted by molar-refractivity contribution is 9.10. The molecule has 0 amide bonds. The Kier molecular flexibility index (Phi) is 5.52. The summed E-state index contributed by atoms with van der Waals surface area (Å²) in [6, 6.07) is 18.9. The first-order chi connectivity index (χ1) is 13.8. The monoisotopic (exact) mass is 508 g/mol. The Morgan fingerprint density at radius 2 is 1.76 bits per heavy atom. The second-order valence-corrected chi connectivity index (χ2v) is 10.3. The normalized spacial score (nSPS) is 11.7. The molecule has 0 fully saturated rings. The quantitative estimate of drug-likeness (QED) is 0.395. The van der Waals surface area contributed by atoms with E-state index in [0.29, 0.717) is 31.9 Å². The summed E-state index contributed by atoms with van der Waals surface area (Å²) < 4.78 is 31.0. The summed E-state index contributed by atoms with van der Waals surface area (Å²) >= 11 is 10.3. The number of thiazole rings is 1. The molecule has 3 aromatic carbocycles. The van der Waals surface area contributed by atoms with Crippen LogP contribution in [0.25, 0.3) is 10.2 Å². The Bertz CT molecular complexity index is 1360. The molecule has 0 spiro atoms. The Hall–Kier alpha value is -2.13. The predicted octanol–water partition coefficient (Wildman–Crippen LogP) is 5.33. The molecule has 1 N–H and O–H groups in total. The molecule has 0 aliphatic rings. The number of nitrogens with one attached hydrogen (secondary N) is 1. The molecule has 0 aliphatic heterocycles. The highest BCUT2D eigenvalue weighted by Crippen LogP contribution is 2.27. The number of sulfonamides is 1. The number of rotatable bonds is 5. The maximum Gasteiger partial charge on any atom is 0.308 e. The van der Waals surface area contributed by atoms with Gasteiger partial charge in [0.15, 0.2) is 0 Å². The average Bonchev–Trinajstić information content (AvgIpc) is 3.00. The first-order valence-corrected chi connectivity index (χ1v) is 12.0. The van der Waals surface area contributed by atoms with Gasteiger partial charge >= 0.3 is 4.87 Å². The fourth-order valence-electron chi connectivity index (χ4n) is 2.88. The van der Waals surface area contributed by atoms with Gasteiger partial charge in [-0.2, -0.15) is 0 Å². The van der Waals surface area contributed by atoms with Gasteiger partial charge in [-0.1, -0.05) is 47.2 Å². The van der Waals surface area contributed by atoms with Gasteiger partial charge in [0.2, 0.25) is 0 Å². The number of hydrogen-bond acceptors (Lipinski definition) is 4. The molecular weight excluding hydrogens is 496 g/mol. The molecule has 0 bridgehead atoms. The predicted molar refractivity (Wildman–Crippen MR) is 122 cm³/mol. The Morgan fingerprint density at radius 3 is 2.48 bits per heavy atom. The van der Waals surface area contributed by atoms with Crippen molar-refractivity contribution in [1.29, 1.82) is 0 Å². The first kappa shape index (κ1) is 20.2. The van der Waals surface area contributed by atoms with Crippen LogP contribution in [0.15, 0.2) is 80.9 Å². The molecule has 1 aromatic heterocycles. The first-order valence-electron chi connectivity index (χ1n) is 8.49.